The van der Waals surface area contributed by atoms with E-state index in [9.17, 15) is 9.59 Å². The molecule has 0 radical (unpaired) electrons. The molecule has 0 saturated heterocycles. The minimum atomic E-state index is -0.493. The van der Waals surface area contributed by atoms with Crippen molar-refractivity contribution in [2.75, 3.05) is 11.9 Å². The van der Waals surface area contributed by atoms with Crippen LogP contribution in [-0.2, 0) is 0 Å². The monoisotopic (exact) mass is 337 g/mol. The molecule has 0 aliphatic rings. The molecule has 1 aromatic heterocycles. The van der Waals surface area contributed by atoms with Gasteiger partial charge in [-0.2, -0.15) is 0 Å². The van der Waals surface area contributed by atoms with Gasteiger partial charge in [-0.1, -0.05) is 30.7 Å². The standard InChI is InChI=1S/C20H19NO4/c1-3-10-24-18-7-5-4-6-15(18)21-20(23)19-12-16(22)14-11-13(2)8-9-17(14)25-19/h4-9,11-12H,3,10H2,1-2H3,(H,21,23). The number of para-hydroxylation sites is 2. The number of nitrogens with one attached hydrogen (secondary N) is 1. The number of aryl methyl sites for hydroxylation is 1. The minimum absolute atomic E-state index is 0.0355. The first-order valence-corrected chi connectivity index (χ1v) is 8.16. The number of benzene rings is 2. The Morgan fingerprint density at radius 2 is 1.96 bits per heavy atom. The molecule has 0 saturated carbocycles. The van der Waals surface area contributed by atoms with Crippen molar-refractivity contribution in [3.8, 4) is 5.75 Å². The number of hydrogen-bond acceptors (Lipinski definition) is 4. The Balaban J connectivity index is 1.91. The molecule has 5 heteroatoms. The second-order valence-corrected chi connectivity index (χ2v) is 5.77. The molecular formula is C20H19NO4. The number of amides is 1. The number of hydrogen-bond donors (Lipinski definition) is 1. The van der Waals surface area contributed by atoms with Crippen LogP contribution >= 0.6 is 0 Å². The molecule has 0 spiro atoms. The number of rotatable bonds is 5. The van der Waals surface area contributed by atoms with Gasteiger partial charge in [0, 0.05) is 6.07 Å². The van der Waals surface area contributed by atoms with Gasteiger partial charge in [0.1, 0.15) is 11.3 Å². The van der Waals surface area contributed by atoms with E-state index in [1.165, 1.54) is 6.07 Å². The molecule has 0 atom stereocenters. The third kappa shape index (κ3) is 3.71. The number of carbonyl (C=O) groups excluding carboxylic acids is 1. The zero-order valence-corrected chi connectivity index (χ0v) is 14.2. The molecule has 0 aliphatic heterocycles. The molecular weight excluding hydrogens is 318 g/mol. The Morgan fingerprint density at radius 3 is 2.76 bits per heavy atom. The summed E-state index contributed by atoms with van der Waals surface area (Å²) in [5.41, 5.74) is 1.64. The molecule has 3 aromatic rings. The van der Waals surface area contributed by atoms with Crippen LogP contribution in [0.15, 0.2) is 57.7 Å². The Labute approximate surface area is 145 Å². The van der Waals surface area contributed by atoms with Crippen molar-refractivity contribution < 1.29 is 13.9 Å². The molecule has 1 amide bonds. The smallest absolute Gasteiger partial charge is 0.291 e. The van der Waals surface area contributed by atoms with Crippen LogP contribution in [0, 0.1) is 6.92 Å². The van der Waals surface area contributed by atoms with Crippen molar-refractivity contribution in [3.05, 3.63) is 70.1 Å². The first-order chi connectivity index (χ1) is 12.1. The highest BCUT2D eigenvalue weighted by Crippen LogP contribution is 2.25. The van der Waals surface area contributed by atoms with Crippen LogP contribution in [-0.4, -0.2) is 12.5 Å². The van der Waals surface area contributed by atoms with Crippen molar-refractivity contribution in [3.63, 3.8) is 0 Å². The van der Waals surface area contributed by atoms with E-state index in [2.05, 4.69) is 5.32 Å². The second kappa shape index (κ2) is 7.21. The van der Waals surface area contributed by atoms with Crippen LogP contribution in [0.3, 0.4) is 0 Å². The van der Waals surface area contributed by atoms with Gasteiger partial charge in [-0.05, 0) is 37.6 Å². The lowest BCUT2D eigenvalue weighted by Crippen LogP contribution is -2.15. The fraction of sp³-hybridized carbons (Fsp3) is 0.200. The zero-order valence-electron chi connectivity index (χ0n) is 14.2. The van der Waals surface area contributed by atoms with E-state index in [4.69, 9.17) is 9.15 Å². The second-order valence-electron chi connectivity index (χ2n) is 5.77. The minimum Gasteiger partial charge on any atom is -0.491 e. The molecule has 0 aliphatic carbocycles. The van der Waals surface area contributed by atoms with Crippen LogP contribution < -0.4 is 15.5 Å². The number of fused-ring (bicyclic) bond motifs is 1. The maximum Gasteiger partial charge on any atom is 0.291 e. The third-order valence-corrected chi connectivity index (χ3v) is 3.70. The van der Waals surface area contributed by atoms with E-state index < -0.39 is 5.91 Å². The largest absolute Gasteiger partial charge is 0.491 e. The lowest BCUT2D eigenvalue weighted by atomic mass is 10.1. The van der Waals surface area contributed by atoms with E-state index in [0.29, 0.717) is 29.0 Å². The lowest BCUT2D eigenvalue weighted by Gasteiger charge is -2.11. The van der Waals surface area contributed by atoms with Crippen molar-refractivity contribution in [1.29, 1.82) is 0 Å². The predicted molar refractivity (Wildman–Crippen MR) is 97.4 cm³/mol. The summed E-state index contributed by atoms with van der Waals surface area (Å²) < 4.78 is 11.2. The highest BCUT2D eigenvalue weighted by Gasteiger charge is 2.14. The zero-order chi connectivity index (χ0) is 17.8. The van der Waals surface area contributed by atoms with Gasteiger partial charge in [-0.3, -0.25) is 9.59 Å². The summed E-state index contributed by atoms with van der Waals surface area (Å²) in [5.74, 6) is 0.0511. The summed E-state index contributed by atoms with van der Waals surface area (Å²) >= 11 is 0. The van der Waals surface area contributed by atoms with Gasteiger partial charge in [-0.15, -0.1) is 0 Å². The maximum atomic E-state index is 12.5. The fourth-order valence-corrected chi connectivity index (χ4v) is 2.47. The molecule has 5 nitrogen and oxygen atoms in total. The average Bonchev–Trinajstić information content (AvgIpc) is 2.61. The van der Waals surface area contributed by atoms with Crippen LogP contribution in [0.5, 0.6) is 5.75 Å². The van der Waals surface area contributed by atoms with Gasteiger partial charge < -0.3 is 14.5 Å². The first kappa shape index (κ1) is 16.8. The SMILES string of the molecule is CCCOc1ccccc1NC(=O)c1cc(=O)c2cc(C)ccc2o1. The van der Waals surface area contributed by atoms with Crippen LogP contribution in [0.25, 0.3) is 11.0 Å². The summed E-state index contributed by atoms with van der Waals surface area (Å²) in [7, 11) is 0. The van der Waals surface area contributed by atoms with Crippen LogP contribution in [0.2, 0.25) is 0 Å². The number of carbonyl (C=O) groups is 1. The average molecular weight is 337 g/mol. The van der Waals surface area contributed by atoms with Crippen molar-refractivity contribution >= 4 is 22.6 Å². The molecule has 128 valence electrons. The summed E-state index contributed by atoms with van der Waals surface area (Å²) in [4.78, 5) is 24.8. The van der Waals surface area contributed by atoms with Crippen molar-refractivity contribution in [1.82, 2.24) is 0 Å². The fourth-order valence-electron chi connectivity index (χ4n) is 2.47. The summed E-state index contributed by atoms with van der Waals surface area (Å²) in [5, 5.41) is 3.20. The van der Waals surface area contributed by atoms with E-state index in [1.54, 1.807) is 30.3 Å². The third-order valence-electron chi connectivity index (χ3n) is 3.70. The number of ether oxygens (including phenoxy) is 1. The topological polar surface area (TPSA) is 68.5 Å². The van der Waals surface area contributed by atoms with Gasteiger partial charge in [-0.25, -0.2) is 0 Å². The Hall–Kier alpha value is -3.08. The summed E-state index contributed by atoms with van der Waals surface area (Å²) in [6.45, 7) is 4.46. The van der Waals surface area contributed by atoms with E-state index in [-0.39, 0.29) is 11.2 Å². The van der Waals surface area contributed by atoms with Gasteiger partial charge in [0.2, 0.25) is 0 Å². The quantitative estimate of drug-likeness (QED) is 0.759. The number of anilines is 1. The van der Waals surface area contributed by atoms with E-state index in [1.807, 2.05) is 26.0 Å². The van der Waals surface area contributed by atoms with Gasteiger partial charge in [0.25, 0.3) is 5.91 Å². The van der Waals surface area contributed by atoms with E-state index in [0.717, 1.165) is 12.0 Å². The Morgan fingerprint density at radius 1 is 1.16 bits per heavy atom. The lowest BCUT2D eigenvalue weighted by molar-refractivity contribution is 0.0996. The molecule has 0 fully saturated rings. The molecule has 2 aromatic carbocycles. The molecule has 0 unspecified atom stereocenters. The van der Waals surface area contributed by atoms with Crippen LogP contribution in [0.4, 0.5) is 5.69 Å². The highest BCUT2D eigenvalue weighted by atomic mass is 16.5. The van der Waals surface area contributed by atoms with Crippen LogP contribution in [0.1, 0.15) is 29.5 Å². The first-order valence-electron chi connectivity index (χ1n) is 8.16. The molecule has 1 heterocycles. The van der Waals surface area contributed by atoms with Crippen molar-refractivity contribution in [2.24, 2.45) is 0 Å². The van der Waals surface area contributed by atoms with E-state index >= 15 is 0 Å². The molecule has 0 bridgehead atoms. The Kier molecular flexibility index (Phi) is 4.84. The highest BCUT2D eigenvalue weighted by molar-refractivity contribution is 6.03. The summed E-state index contributed by atoms with van der Waals surface area (Å²) in [6, 6.07) is 13.6. The maximum absolute atomic E-state index is 12.5. The summed E-state index contributed by atoms with van der Waals surface area (Å²) in [6.07, 6.45) is 0.862. The molecule has 3 rings (SSSR count). The molecule has 1 N–H and O–H groups in total. The predicted octanol–water partition coefficient (Wildman–Crippen LogP) is 4.14. The van der Waals surface area contributed by atoms with Gasteiger partial charge >= 0.3 is 0 Å². The Bertz CT molecular complexity index is 975. The molecule has 25 heavy (non-hydrogen) atoms. The van der Waals surface area contributed by atoms with Gasteiger partial charge in [0.05, 0.1) is 17.7 Å². The van der Waals surface area contributed by atoms with Gasteiger partial charge in [0.15, 0.2) is 11.2 Å². The normalized spacial score (nSPS) is 10.6. The van der Waals surface area contributed by atoms with Crippen molar-refractivity contribution in [2.45, 2.75) is 20.3 Å².